The first-order chi connectivity index (χ1) is 10.2. The summed E-state index contributed by atoms with van der Waals surface area (Å²) in [4.78, 5) is 13.3. The van der Waals surface area contributed by atoms with Crippen molar-refractivity contribution in [1.29, 1.82) is 0 Å². The van der Waals surface area contributed by atoms with Crippen LogP contribution in [-0.2, 0) is 4.79 Å². The molecule has 4 heteroatoms. The smallest absolute Gasteiger partial charge is 0.247 e. The molecule has 0 bridgehead atoms. The van der Waals surface area contributed by atoms with Gasteiger partial charge in [-0.3, -0.25) is 4.79 Å². The van der Waals surface area contributed by atoms with Gasteiger partial charge < -0.3 is 5.32 Å². The maximum absolute atomic E-state index is 12.3. The number of thioether (sulfide) groups is 1. The fraction of sp³-hybridized carbons (Fsp3) is 0.118. The van der Waals surface area contributed by atoms with Crippen LogP contribution < -0.4 is 5.32 Å². The van der Waals surface area contributed by atoms with E-state index < -0.39 is 5.38 Å². The zero-order chi connectivity index (χ0) is 15.1. The molecule has 0 spiro atoms. The van der Waals surface area contributed by atoms with Crippen LogP contribution in [0.15, 0.2) is 72.1 Å². The van der Waals surface area contributed by atoms with Crippen molar-refractivity contribution in [2.24, 2.45) is 0 Å². The second-order valence-corrected chi connectivity index (χ2v) is 5.86. The molecule has 2 rings (SSSR count). The van der Waals surface area contributed by atoms with E-state index in [1.54, 1.807) is 11.8 Å². The van der Waals surface area contributed by atoms with Gasteiger partial charge in [0.25, 0.3) is 0 Å². The molecular weight excluding hydrogens is 302 g/mol. The minimum Gasteiger partial charge on any atom is -0.323 e. The Bertz CT molecular complexity index is 615. The average molecular weight is 318 g/mol. The van der Waals surface area contributed by atoms with Crippen LogP contribution in [0.2, 0.25) is 0 Å². The van der Waals surface area contributed by atoms with Gasteiger partial charge in [-0.2, -0.15) is 0 Å². The first-order valence-corrected chi connectivity index (χ1v) is 7.97. The molecule has 0 aliphatic rings. The van der Waals surface area contributed by atoms with E-state index >= 15 is 0 Å². The van der Waals surface area contributed by atoms with E-state index in [4.69, 9.17) is 11.6 Å². The van der Waals surface area contributed by atoms with Crippen molar-refractivity contribution in [3.8, 4) is 0 Å². The van der Waals surface area contributed by atoms with E-state index in [2.05, 4.69) is 11.9 Å². The van der Waals surface area contributed by atoms with Gasteiger partial charge in [-0.25, -0.2) is 0 Å². The van der Waals surface area contributed by atoms with E-state index in [1.807, 2.05) is 60.7 Å². The Morgan fingerprint density at radius 3 is 2.57 bits per heavy atom. The Balaban J connectivity index is 2.11. The first-order valence-electron chi connectivity index (χ1n) is 6.55. The molecule has 2 nitrogen and oxygen atoms in total. The topological polar surface area (TPSA) is 29.1 Å². The number of carbonyl (C=O) groups is 1. The molecule has 2 aromatic rings. The largest absolute Gasteiger partial charge is 0.323 e. The van der Waals surface area contributed by atoms with Crippen molar-refractivity contribution in [2.45, 2.75) is 10.3 Å². The summed E-state index contributed by atoms with van der Waals surface area (Å²) >= 11 is 7.85. The lowest BCUT2D eigenvalue weighted by molar-refractivity contribution is -0.116. The summed E-state index contributed by atoms with van der Waals surface area (Å²) in [6.45, 7) is 3.70. The molecule has 108 valence electrons. The van der Waals surface area contributed by atoms with Gasteiger partial charge in [0.05, 0.1) is 5.69 Å². The lowest BCUT2D eigenvalue weighted by Crippen LogP contribution is -2.17. The van der Waals surface area contributed by atoms with Crippen LogP contribution in [0.3, 0.4) is 0 Å². The number of carbonyl (C=O) groups excluding carboxylic acids is 1. The van der Waals surface area contributed by atoms with Crippen molar-refractivity contribution in [3.05, 3.63) is 72.8 Å². The fourth-order valence-electron chi connectivity index (χ4n) is 1.81. The van der Waals surface area contributed by atoms with Gasteiger partial charge in [0, 0.05) is 10.6 Å². The monoisotopic (exact) mass is 317 g/mol. The number of para-hydroxylation sites is 1. The van der Waals surface area contributed by atoms with Crippen molar-refractivity contribution in [2.75, 3.05) is 11.1 Å². The number of benzene rings is 2. The molecule has 1 amide bonds. The fourth-order valence-corrected chi connectivity index (χ4v) is 2.76. The third-order valence-electron chi connectivity index (χ3n) is 2.82. The minimum atomic E-state index is -0.705. The summed E-state index contributed by atoms with van der Waals surface area (Å²) in [6.07, 6.45) is 1.83. The highest BCUT2D eigenvalue weighted by atomic mass is 35.5. The Hall–Kier alpha value is -1.71. The van der Waals surface area contributed by atoms with Gasteiger partial charge in [0.1, 0.15) is 5.38 Å². The summed E-state index contributed by atoms with van der Waals surface area (Å²) in [7, 11) is 0. The quantitative estimate of drug-likeness (QED) is 0.467. The summed E-state index contributed by atoms with van der Waals surface area (Å²) in [5, 5.41) is 2.19. The molecular formula is C17H16ClNOS. The highest BCUT2D eigenvalue weighted by molar-refractivity contribution is 7.99. The Morgan fingerprint density at radius 2 is 1.86 bits per heavy atom. The van der Waals surface area contributed by atoms with Crippen LogP contribution in [-0.4, -0.2) is 11.7 Å². The Labute approximate surface area is 134 Å². The van der Waals surface area contributed by atoms with Crippen LogP contribution in [0.25, 0.3) is 0 Å². The van der Waals surface area contributed by atoms with Crippen LogP contribution in [0.1, 0.15) is 10.9 Å². The highest BCUT2D eigenvalue weighted by Crippen LogP contribution is 2.29. The van der Waals surface area contributed by atoms with Gasteiger partial charge in [0.2, 0.25) is 5.91 Å². The lowest BCUT2D eigenvalue weighted by atomic mass is 10.1. The number of nitrogens with one attached hydrogen (secondary N) is 1. The van der Waals surface area contributed by atoms with Crippen molar-refractivity contribution in [1.82, 2.24) is 0 Å². The molecule has 1 atom stereocenters. The second-order valence-electron chi connectivity index (χ2n) is 4.36. The molecule has 0 heterocycles. The predicted octanol–water partition coefficient (Wildman–Crippen LogP) is 4.88. The summed E-state index contributed by atoms with van der Waals surface area (Å²) < 4.78 is 0. The van der Waals surface area contributed by atoms with E-state index in [9.17, 15) is 4.79 Å². The van der Waals surface area contributed by atoms with Crippen LogP contribution in [0, 0.1) is 0 Å². The van der Waals surface area contributed by atoms with Gasteiger partial charge in [0.15, 0.2) is 0 Å². The van der Waals surface area contributed by atoms with Crippen molar-refractivity contribution < 1.29 is 4.79 Å². The Morgan fingerprint density at radius 1 is 1.19 bits per heavy atom. The molecule has 1 N–H and O–H groups in total. The average Bonchev–Trinajstić information content (AvgIpc) is 2.54. The number of alkyl halides is 1. The van der Waals surface area contributed by atoms with E-state index in [1.165, 1.54) is 0 Å². The molecule has 0 fully saturated rings. The number of anilines is 1. The van der Waals surface area contributed by atoms with Gasteiger partial charge in [-0.15, -0.1) is 29.9 Å². The maximum atomic E-state index is 12.3. The van der Waals surface area contributed by atoms with E-state index in [0.29, 0.717) is 0 Å². The molecule has 0 saturated carbocycles. The van der Waals surface area contributed by atoms with Gasteiger partial charge in [-0.05, 0) is 17.7 Å². The third kappa shape index (κ3) is 4.38. The summed E-state index contributed by atoms with van der Waals surface area (Å²) in [6, 6.07) is 17.0. The number of rotatable bonds is 6. The van der Waals surface area contributed by atoms with Crippen molar-refractivity contribution in [3.63, 3.8) is 0 Å². The molecule has 2 aromatic carbocycles. The molecule has 0 aliphatic carbocycles. The molecule has 0 radical (unpaired) electrons. The molecule has 1 unspecified atom stereocenters. The zero-order valence-corrected chi connectivity index (χ0v) is 13.0. The standard InChI is InChI=1S/C17H16ClNOS/c1-2-12-21-15-11-7-6-10-14(15)19-17(20)16(18)13-8-4-3-5-9-13/h2-11,16H,1,12H2,(H,19,20). The number of halogens is 1. The first kappa shape index (κ1) is 15.7. The maximum Gasteiger partial charge on any atom is 0.247 e. The Kier molecular flexibility index (Phi) is 5.90. The van der Waals surface area contributed by atoms with Crippen molar-refractivity contribution >= 4 is 35.0 Å². The number of amides is 1. The highest BCUT2D eigenvalue weighted by Gasteiger charge is 2.18. The van der Waals surface area contributed by atoms with Gasteiger partial charge >= 0.3 is 0 Å². The van der Waals surface area contributed by atoms with Crippen LogP contribution in [0.5, 0.6) is 0 Å². The molecule has 0 aromatic heterocycles. The number of hydrogen-bond acceptors (Lipinski definition) is 2. The summed E-state index contributed by atoms with van der Waals surface area (Å²) in [5.41, 5.74) is 1.56. The second kappa shape index (κ2) is 7.91. The summed E-state index contributed by atoms with van der Waals surface area (Å²) in [5.74, 6) is 0.560. The number of hydrogen-bond donors (Lipinski definition) is 1. The third-order valence-corrected chi connectivity index (χ3v) is 4.34. The van der Waals surface area contributed by atoms with Crippen LogP contribution in [0.4, 0.5) is 5.69 Å². The van der Waals surface area contributed by atoms with E-state index in [-0.39, 0.29) is 5.91 Å². The molecule has 21 heavy (non-hydrogen) atoms. The van der Waals surface area contributed by atoms with E-state index in [0.717, 1.165) is 21.9 Å². The lowest BCUT2D eigenvalue weighted by Gasteiger charge is -2.13. The minimum absolute atomic E-state index is 0.227. The predicted molar refractivity (Wildman–Crippen MR) is 91.0 cm³/mol. The normalized spacial score (nSPS) is 11.7. The molecule has 0 saturated heterocycles. The molecule has 0 aliphatic heterocycles. The zero-order valence-electron chi connectivity index (χ0n) is 11.5. The van der Waals surface area contributed by atoms with Gasteiger partial charge in [-0.1, -0.05) is 48.5 Å². The SMILES string of the molecule is C=CCSc1ccccc1NC(=O)C(Cl)c1ccccc1. The van der Waals surface area contributed by atoms with Crippen LogP contribution >= 0.6 is 23.4 Å².